The minimum Gasteiger partial charge on any atom is -0.394 e. The SMILES string of the molecule is CCC(CO)N=CC=NC(CC)CO. The second kappa shape index (κ2) is 8.84. The van der Waals surface area contributed by atoms with E-state index < -0.39 is 0 Å². The highest BCUT2D eigenvalue weighted by atomic mass is 16.3. The summed E-state index contributed by atoms with van der Waals surface area (Å²) in [6.07, 6.45) is 4.81. The molecule has 0 radical (unpaired) electrons. The smallest absolute Gasteiger partial charge is 0.0728 e. The maximum Gasteiger partial charge on any atom is 0.0728 e. The van der Waals surface area contributed by atoms with Crippen molar-refractivity contribution in [1.82, 2.24) is 0 Å². The molecule has 0 amide bonds. The van der Waals surface area contributed by atoms with E-state index in [1.807, 2.05) is 13.8 Å². The van der Waals surface area contributed by atoms with E-state index in [2.05, 4.69) is 9.98 Å². The lowest BCUT2D eigenvalue weighted by molar-refractivity contribution is 0.264. The van der Waals surface area contributed by atoms with Gasteiger partial charge in [0.15, 0.2) is 0 Å². The largest absolute Gasteiger partial charge is 0.394 e. The summed E-state index contributed by atoms with van der Waals surface area (Å²) in [5, 5.41) is 17.7. The lowest BCUT2D eigenvalue weighted by atomic mass is 10.2. The molecule has 0 rings (SSSR count). The zero-order chi connectivity index (χ0) is 10.8. The van der Waals surface area contributed by atoms with Gasteiger partial charge in [0.1, 0.15) is 0 Å². The molecule has 14 heavy (non-hydrogen) atoms. The van der Waals surface area contributed by atoms with Crippen LogP contribution in [-0.4, -0.2) is 47.9 Å². The lowest BCUT2D eigenvalue weighted by Gasteiger charge is -2.04. The third-order valence-corrected chi connectivity index (χ3v) is 2.02. The molecule has 0 spiro atoms. The molecule has 0 aromatic rings. The fourth-order valence-corrected chi connectivity index (χ4v) is 0.884. The van der Waals surface area contributed by atoms with Gasteiger partial charge in [0.25, 0.3) is 0 Å². The van der Waals surface area contributed by atoms with E-state index in [-0.39, 0.29) is 25.3 Å². The molecule has 4 nitrogen and oxygen atoms in total. The topological polar surface area (TPSA) is 65.2 Å². The molecule has 0 bridgehead atoms. The van der Waals surface area contributed by atoms with Crippen molar-refractivity contribution in [2.75, 3.05) is 13.2 Å². The van der Waals surface area contributed by atoms with E-state index in [0.29, 0.717) is 0 Å². The minimum atomic E-state index is -0.0318. The summed E-state index contributed by atoms with van der Waals surface area (Å²) < 4.78 is 0. The van der Waals surface area contributed by atoms with Crippen LogP contribution in [0.25, 0.3) is 0 Å². The Hall–Kier alpha value is -0.740. The summed E-state index contributed by atoms with van der Waals surface area (Å²) in [5.41, 5.74) is 0. The van der Waals surface area contributed by atoms with Gasteiger partial charge >= 0.3 is 0 Å². The summed E-state index contributed by atoms with van der Waals surface area (Å²) in [7, 11) is 0. The van der Waals surface area contributed by atoms with Crippen molar-refractivity contribution in [2.45, 2.75) is 38.8 Å². The normalized spacial score (nSPS) is 16.6. The second-order valence-corrected chi connectivity index (χ2v) is 3.09. The third kappa shape index (κ3) is 5.83. The van der Waals surface area contributed by atoms with Gasteiger partial charge in [-0.15, -0.1) is 0 Å². The highest BCUT2D eigenvalue weighted by Crippen LogP contribution is 1.95. The Morgan fingerprint density at radius 3 is 1.50 bits per heavy atom. The summed E-state index contributed by atoms with van der Waals surface area (Å²) >= 11 is 0. The van der Waals surface area contributed by atoms with Crippen LogP contribution in [0.5, 0.6) is 0 Å². The van der Waals surface area contributed by atoms with Crippen molar-refractivity contribution in [3.8, 4) is 0 Å². The number of rotatable bonds is 7. The van der Waals surface area contributed by atoms with E-state index in [9.17, 15) is 0 Å². The van der Waals surface area contributed by atoms with Gasteiger partial charge in [0, 0.05) is 12.4 Å². The van der Waals surface area contributed by atoms with Gasteiger partial charge in [-0.1, -0.05) is 13.8 Å². The molecular weight excluding hydrogens is 180 g/mol. The van der Waals surface area contributed by atoms with Crippen molar-refractivity contribution >= 4 is 12.4 Å². The quantitative estimate of drug-likeness (QED) is 0.593. The van der Waals surface area contributed by atoms with Crippen LogP contribution in [0.2, 0.25) is 0 Å². The van der Waals surface area contributed by atoms with Crippen molar-refractivity contribution < 1.29 is 10.2 Å². The van der Waals surface area contributed by atoms with Crippen molar-refractivity contribution in [2.24, 2.45) is 9.98 Å². The van der Waals surface area contributed by atoms with Gasteiger partial charge in [0.2, 0.25) is 0 Å². The number of hydrogen-bond acceptors (Lipinski definition) is 4. The number of aliphatic hydroxyl groups is 2. The fraction of sp³-hybridized carbons (Fsp3) is 0.800. The van der Waals surface area contributed by atoms with E-state index in [1.54, 1.807) is 12.4 Å². The van der Waals surface area contributed by atoms with Gasteiger partial charge < -0.3 is 10.2 Å². The summed E-state index contributed by atoms with van der Waals surface area (Å²) in [5.74, 6) is 0. The predicted molar refractivity (Wildman–Crippen MR) is 59.3 cm³/mol. The molecule has 0 aromatic heterocycles. The van der Waals surface area contributed by atoms with Gasteiger partial charge in [-0.25, -0.2) is 0 Å². The first-order valence-electron chi connectivity index (χ1n) is 5.05. The first-order valence-corrected chi connectivity index (χ1v) is 5.05. The number of aliphatic hydroxyl groups excluding tert-OH is 2. The molecule has 2 unspecified atom stereocenters. The molecule has 0 saturated heterocycles. The average molecular weight is 200 g/mol. The Morgan fingerprint density at radius 2 is 1.29 bits per heavy atom. The zero-order valence-electron chi connectivity index (χ0n) is 8.93. The minimum absolute atomic E-state index is 0.0318. The molecule has 0 aliphatic heterocycles. The van der Waals surface area contributed by atoms with Gasteiger partial charge in [-0.2, -0.15) is 0 Å². The Balaban J connectivity index is 3.89. The van der Waals surface area contributed by atoms with Crippen LogP contribution in [-0.2, 0) is 0 Å². The maximum atomic E-state index is 8.83. The Morgan fingerprint density at radius 1 is 0.929 bits per heavy atom. The molecule has 0 fully saturated rings. The van der Waals surface area contributed by atoms with Crippen LogP contribution in [0, 0.1) is 0 Å². The Bertz CT molecular complexity index is 153. The number of aliphatic imine (C=N–C) groups is 2. The van der Waals surface area contributed by atoms with E-state index in [0.717, 1.165) is 12.8 Å². The number of hydrogen-bond donors (Lipinski definition) is 2. The summed E-state index contributed by atoms with van der Waals surface area (Å²) in [6, 6.07) is -0.0636. The highest BCUT2D eigenvalue weighted by molar-refractivity contribution is 6.16. The van der Waals surface area contributed by atoms with Crippen LogP contribution in [0.4, 0.5) is 0 Å². The van der Waals surface area contributed by atoms with Crippen molar-refractivity contribution in [1.29, 1.82) is 0 Å². The molecule has 0 saturated carbocycles. The van der Waals surface area contributed by atoms with Crippen LogP contribution >= 0.6 is 0 Å². The monoisotopic (exact) mass is 200 g/mol. The molecule has 0 aliphatic rings. The van der Waals surface area contributed by atoms with Crippen LogP contribution in [0.15, 0.2) is 9.98 Å². The van der Waals surface area contributed by atoms with Crippen molar-refractivity contribution in [3.05, 3.63) is 0 Å². The van der Waals surface area contributed by atoms with Gasteiger partial charge in [0.05, 0.1) is 25.3 Å². The third-order valence-electron chi connectivity index (χ3n) is 2.02. The molecular formula is C10H20N2O2. The van der Waals surface area contributed by atoms with Gasteiger partial charge in [-0.3, -0.25) is 9.98 Å². The molecule has 82 valence electrons. The molecule has 2 atom stereocenters. The second-order valence-electron chi connectivity index (χ2n) is 3.09. The van der Waals surface area contributed by atoms with E-state index in [4.69, 9.17) is 10.2 Å². The zero-order valence-corrected chi connectivity index (χ0v) is 8.93. The number of nitrogens with zero attached hydrogens (tertiary/aromatic N) is 2. The summed E-state index contributed by atoms with van der Waals surface area (Å²) in [6.45, 7) is 4.08. The molecule has 0 heterocycles. The molecule has 0 aromatic carbocycles. The van der Waals surface area contributed by atoms with E-state index in [1.165, 1.54) is 0 Å². The molecule has 0 aliphatic carbocycles. The summed E-state index contributed by atoms with van der Waals surface area (Å²) in [4.78, 5) is 8.19. The predicted octanol–water partition coefficient (Wildman–Crippen LogP) is 0.670. The Labute approximate surface area is 85.4 Å². The van der Waals surface area contributed by atoms with Crippen molar-refractivity contribution in [3.63, 3.8) is 0 Å². The average Bonchev–Trinajstić information content (AvgIpc) is 2.24. The van der Waals surface area contributed by atoms with Gasteiger partial charge in [-0.05, 0) is 12.8 Å². The fourth-order valence-electron chi connectivity index (χ4n) is 0.884. The van der Waals surface area contributed by atoms with Crippen LogP contribution < -0.4 is 0 Å². The standard InChI is InChI=1S/C10H20N2O2/c1-3-9(7-13)11-5-6-12-10(4-2)8-14/h5-6,9-10,13-14H,3-4,7-8H2,1-2H3. The maximum absolute atomic E-state index is 8.83. The lowest BCUT2D eigenvalue weighted by Crippen LogP contribution is -2.10. The highest BCUT2D eigenvalue weighted by Gasteiger charge is 1.99. The van der Waals surface area contributed by atoms with Crippen LogP contribution in [0.3, 0.4) is 0 Å². The van der Waals surface area contributed by atoms with Crippen LogP contribution in [0.1, 0.15) is 26.7 Å². The van der Waals surface area contributed by atoms with E-state index >= 15 is 0 Å². The molecule has 2 N–H and O–H groups in total. The molecule has 4 heteroatoms. The Kier molecular flexibility index (Phi) is 8.37. The first kappa shape index (κ1) is 13.3. The first-order chi connectivity index (χ1) is 6.78.